The van der Waals surface area contributed by atoms with Crippen molar-refractivity contribution in [1.29, 1.82) is 0 Å². The molecule has 0 radical (unpaired) electrons. The number of rotatable bonds is 7. The predicted octanol–water partition coefficient (Wildman–Crippen LogP) is 5.29. The maximum atomic E-state index is 13.6. The number of nitrogens with one attached hydrogen (secondary N) is 1. The first kappa shape index (κ1) is 23.4. The van der Waals surface area contributed by atoms with Gasteiger partial charge in [0, 0.05) is 24.7 Å². The zero-order valence-electron chi connectivity index (χ0n) is 18.7. The van der Waals surface area contributed by atoms with Crippen LogP contribution >= 0.6 is 0 Å². The Morgan fingerprint density at radius 3 is 2.12 bits per heavy atom. The lowest BCUT2D eigenvalue weighted by molar-refractivity contribution is -0.404. The van der Waals surface area contributed by atoms with Crippen molar-refractivity contribution in [3.8, 4) is 0 Å². The first-order valence-electron chi connectivity index (χ1n) is 11.0. The molecule has 4 rings (SSSR count). The lowest BCUT2D eigenvalue weighted by Gasteiger charge is -2.39. The van der Waals surface area contributed by atoms with Crippen molar-refractivity contribution in [3.63, 3.8) is 0 Å². The first-order valence-corrected chi connectivity index (χ1v) is 11.0. The molecule has 1 fully saturated rings. The summed E-state index contributed by atoms with van der Waals surface area (Å²) in [5, 5.41) is 14.5. The molecule has 1 unspecified atom stereocenters. The van der Waals surface area contributed by atoms with Gasteiger partial charge < -0.3 is 15.0 Å². The van der Waals surface area contributed by atoms with E-state index in [9.17, 15) is 18.9 Å². The summed E-state index contributed by atoms with van der Waals surface area (Å²) in [6, 6.07) is 19.8. The van der Waals surface area contributed by atoms with Crippen LogP contribution < -0.4 is 5.32 Å². The molecule has 176 valence electrons. The van der Waals surface area contributed by atoms with Gasteiger partial charge in [-0.05, 0) is 54.4 Å². The molecule has 0 bridgehead atoms. The zero-order chi connectivity index (χ0) is 24.1. The molecule has 6 nitrogen and oxygen atoms in total. The van der Waals surface area contributed by atoms with E-state index in [1.807, 2.05) is 36.1 Å². The lowest BCUT2D eigenvalue weighted by Crippen LogP contribution is -2.46. The molecule has 0 amide bonds. The molecular weight excluding hydrogens is 440 g/mol. The normalized spacial score (nSPS) is 16.5. The predicted molar refractivity (Wildman–Crippen MR) is 126 cm³/mol. The number of ether oxygens (including phenoxy) is 1. The summed E-state index contributed by atoms with van der Waals surface area (Å²) in [7, 11) is 0. The van der Waals surface area contributed by atoms with Gasteiger partial charge in [-0.3, -0.25) is 10.1 Å². The smallest absolute Gasteiger partial charge is 0.274 e. The molecule has 1 heterocycles. The fourth-order valence-corrected chi connectivity index (χ4v) is 4.14. The molecule has 0 aromatic heterocycles. The Morgan fingerprint density at radius 1 is 1.03 bits per heavy atom. The minimum absolute atomic E-state index is 0.319. The minimum Gasteiger partial charge on any atom is -0.374 e. The summed E-state index contributed by atoms with van der Waals surface area (Å²) < 4.78 is 33.3. The number of hydrogen-bond donors (Lipinski definition) is 1. The van der Waals surface area contributed by atoms with Crippen molar-refractivity contribution in [1.82, 2.24) is 4.90 Å². The summed E-state index contributed by atoms with van der Waals surface area (Å²) in [6.07, 6.45) is 0.548. The molecule has 3 aromatic carbocycles. The summed E-state index contributed by atoms with van der Waals surface area (Å²) in [4.78, 5) is 12.8. The van der Waals surface area contributed by atoms with Crippen molar-refractivity contribution < 1.29 is 18.4 Å². The molecule has 1 atom stereocenters. The largest absolute Gasteiger partial charge is 0.374 e. The van der Waals surface area contributed by atoms with Gasteiger partial charge in [-0.1, -0.05) is 42.0 Å². The Hall–Kier alpha value is -3.78. The van der Waals surface area contributed by atoms with Gasteiger partial charge in [0.15, 0.2) is 5.82 Å². The molecule has 1 aliphatic heterocycles. The third-order valence-electron chi connectivity index (χ3n) is 5.82. The number of nitrogens with zero attached hydrogens (tertiary/aromatic N) is 2. The van der Waals surface area contributed by atoms with Gasteiger partial charge in [0.25, 0.3) is 6.20 Å². The number of anilines is 1. The van der Waals surface area contributed by atoms with Crippen LogP contribution in [-0.2, 0) is 4.74 Å². The van der Waals surface area contributed by atoms with Crippen LogP contribution in [0.2, 0.25) is 0 Å². The number of aryl methyl sites for hydroxylation is 1. The van der Waals surface area contributed by atoms with Gasteiger partial charge in [0.05, 0.1) is 17.6 Å². The molecule has 1 saturated heterocycles. The molecule has 1 N–H and O–H groups in total. The van der Waals surface area contributed by atoms with Crippen LogP contribution in [0.1, 0.15) is 22.6 Å². The second-order valence-corrected chi connectivity index (χ2v) is 8.23. The SMILES string of the molecule is Cc1ccc(NC(=C[N+](=O)[O-])N2CCOC(C(c3ccc(F)cc3)c3ccc(F)cc3)C2)cc1. The minimum atomic E-state index is -0.488. The highest BCUT2D eigenvalue weighted by Crippen LogP contribution is 2.33. The van der Waals surface area contributed by atoms with E-state index in [-0.39, 0.29) is 17.6 Å². The van der Waals surface area contributed by atoms with Crippen molar-refractivity contribution >= 4 is 5.69 Å². The van der Waals surface area contributed by atoms with Crippen LogP contribution in [0.3, 0.4) is 0 Å². The summed E-state index contributed by atoms with van der Waals surface area (Å²) >= 11 is 0. The maximum Gasteiger partial charge on any atom is 0.274 e. The van der Waals surface area contributed by atoms with Crippen LogP contribution in [-0.4, -0.2) is 35.6 Å². The Labute approximate surface area is 196 Å². The van der Waals surface area contributed by atoms with Crippen LogP contribution in [0, 0.1) is 28.7 Å². The van der Waals surface area contributed by atoms with Crippen LogP contribution in [0.5, 0.6) is 0 Å². The molecule has 3 aromatic rings. The molecule has 0 saturated carbocycles. The van der Waals surface area contributed by atoms with Gasteiger partial charge in [0.1, 0.15) is 11.6 Å². The number of morpholine rings is 1. The Balaban J connectivity index is 1.64. The molecular formula is C26H25F2N3O3. The second-order valence-electron chi connectivity index (χ2n) is 8.23. The van der Waals surface area contributed by atoms with Gasteiger partial charge in [-0.25, -0.2) is 8.78 Å². The quantitative estimate of drug-likeness (QED) is 0.379. The Bertz CT molecular complexity index is 1100. The highest BCUT2D eigenvalue weighted by Gasteiger charge is 2.32. The van der Waals surface area contributed by atoms with Crippen molar-refractivity contribution in [2.24, 2.45) is 0 Å². The van der Waals surface area contributed by atoms with E-state index in [2.05, 4.69) is 5.32 Å². The van der Waals surface area contributed by atoms with Gasteiger partial charge >= 0.3 is 0 Å². The van der Waals surface area contributed by atoms with E-state index in [1.165, 1.54) is 24.3 Å². The lowest BCUT2D eigenvalue weighted by atomic mass is 9.85. The van der Waals surface area contributed by atoms with Crippen molar-refractivity contribution in [2.75, 3.05) is 25.0 Å². The molecule has 0 spiro atoms. The summed E-state index contributed by atoms with van der Waals surface area (Å²) in [5.74, 6) is -0.683. The molecule has 0 aliphatic carbocycles. The summed E-state index contributed by atoms with van der Waals surface area (Å²) in [5.41, 5.74) is 3.44. The standard InChI is InChI=1S/C26H25F2N3O3/c1-18-2-12-23(13-3-18)29-25(17-31(32)33)30-14-15-34-24(16-30)26(19-4-8-21(27)9-5-19)20-6-10-22(28)11-7-20/h2-13,17,24,26,29H,14-16H2,1H3. The third-order valence-corrected chi connectivity index (χ3v) is 5.82. The van der Waals surface area contributed by atoms with E-state index in [1.54, 1.807) is 24.3 Å². The number of hydrogen-bond acceptors (Lipinski definition) is 5. The van der Waals surface area contributed by atoms with E-state index >= 15 is 0 Å². The number of nitro groups is 1. The average Bonchev–Trinajstić information content (AvgIpc) is 2.83. The van der Waals surface area contributed by atoms with Crippen LogP contribution in [0.15, 0.2) is 84.8 Å². The highest BCUT2D eigenvalue weighted by atomic mass is 19.1. The fourth-order valence-electron chi connectivity index (χ4n) is 4.14. The van der Waals surface area contributed by atoms with Gasteiger partial charge in [0.2, 0.25) is 0 Å². The third kappa shape index (κ3) is 5.77. The monoisotopic (exact) mass is 465 g/mol. The fraction of sp³-hybridized carbons (Fsp3) is 0.231. The van der Waals surface area contributed by atoms with E-state index < -0.39 is 11.0 Å². The Kier molecular flexibility index (Phi) is 7.18. The zero-order valence-corrected chi connectivity index (χ0v) is 18.7. The average molecular weight is 466 g/mol. The Morgan fingerprint density at radius 2 is 1.59 bits per heavy atom. The topological polar surface area (TPSA) is 67.6 Å². The summed E-state index contributed by atoms with van der Waals surface area (Å²) in [6.45, 7) is 3.11. The molecule has 34 heavy (non-hydrogen) atoms. The second kappa shape index (κ2) is 10.4. The first-order chi connectivity index (χ1) is 16.4. The van der Waals surface area contributed by atoms with Crippen LogP contribution in [0.25, 0.3) is 0 Å². The molecule has 1 aliphatic rings. The van der Waals surface area contributed by atoms with Gasteiger partial charge in [-0.15, -0.1) is 0 Å². The van der Waals surface area contributed by atoms with Crippen molar-refractivity contribution in [2.45, 2.75) is 18.9 Å². The van der Waals surface area contributed by atoms with Gasteiger partial charge in [-0.2, -0.15) is 0 Å². The van der Waals surface area contributed by atoms with E-state index in [0.717, 1.165) is 28.6 Å². The highest BCUT2D eigenvalue weighted by molar-refractivity contribution is 5.48. The number of benzene rings is 3. The number of halogens is 2. The maximum absolute atomic E-state index is 13.6. The van der Waals surface area contributed by atoms with Crippen LogP contribution in [0.4, 0.5) is 14.5 Å². The van der Waals surface area contributed by atoms with E-state index in [4.69, 9.17) is 4.74 Å². The molecule has 8 heteroatoms. The van der Waals surface area contributed by atoms with E-state index in [0.29, 0.717) is 25.5 Å². The van der Waals surface area contributed by atoms with Crippen molar-refractivity contribution in [3.05, 3.63) is 123 Å².